The zero-order valence-electron chi connectivity index (χ0n) is 14.2. The molecule has 0 radical (unpaired) electrons. The second-order valence-corrected chi connectivity index (χ2v) is 7.72. The van der Waals surface area contributed by atoms with Crippen LogP contribution in [0, 0.1) is 0 Å². The smallest absolute Gasteiger partial charge is 0.465 e. The highest BCUT2D eigenvalue weighted by Gasteiger charge is 2.51. The largest absolute Gasteiger partial charge is 0.494 e. The summed E-state index contributed by atoms with van der Waals surface area (Å²) < 4.78 is 12.1. The molecule has 124 valence electrons. The molecular formula is C17H24BNO4. The van der Waals surface area contributed by atoms with Crippen molar-refractivity contribution in [3.8, 4) is 0 Å². The molecule has 0 atom stereocenters. The van der Waals surface area contributed by atoms with Crippen molar-refractivity contribution in [3.63, 3.8) is 0 Å². The summed E-state index contributed by atoms with van der Waals surface area (Å²) in [6, 6.07) is 8.08. The first-order valence-corrected chi connectivity index (χ1v) is 8.08. The van der Waals surface area contributed by atoms with E-state index in [4.69, 9.17) is 14.4 Å². The van der Waals surface area contributed by atoms with Crippen LogP contribution in [0.15, 0.2) is 24.3 Å². The van der Waals surface area contributed by atoms with E-state index in [2.05, 4.69) is 5.32 Å². The molecule has 1 aliphatic carbocycles. The van der Waals surface area contributed by atoms with Crippen LogP contribution in [0.4, 0.5) is 4.79 Å². The third kappa shape index (κ3) is 3.24. The van der Waals surface area contributed by atoms with Gasteiger partial charge >= 0.3 is 13.2 Å². The van der Waals surface area contributed by atoms with Crippen LogP contribution >= 0.6 is 0 Å². The summed E-state index contributed by atoms with van der Waals surface area (Å²) in [5, 5.41) is 11.5. The molecule has 2 N–H and O–H groups in total. The minimum Gasteiger partial charge on any atom is -0.465 e. The van der Waals surface area contributed by atoms with Crippen molar-refractivity contribution in [3.05, 3.63) is 29.8 Å². The van der Waals surface area contributed by atoms with Gasteiger partial charge in [-0.2, -0.15) is 0 Å². The summed E-state index contributed by atoms with van der Waals surface area (Å²) in [7, 11) is -0.360. The lowest BCUT2D eigenvalue weighted by Gasteiger charge is -2.32. The number of carbonyl (C=O) groups is 1. The Morgan fingerprint density at radius 2 is 1.65 bits per heavy atom. The van der Waals surface area contributed by atoms with Crippen LogP contribution < -0.4 is 10.8 Å². The Labute approximate surface area is 137 Å². The zero-order valence-corrected chi connectivity index (χ0v) is 14.2. The first-order chi connectivity index (χ1) is 10.6. The lowest BCUT2D eigenvalue weighted by atomic mass is 9.78. The van der Waals surface area contributed by atoms with E-state index in [0.29, 0.717) is 0 Å². The quantitative estimate of drug-likeness (QED) is 0.837. The number of nitrogens with one attached hydrogen (secondary N) is 1. The van der Waals surface area contributed by atoms with Crippen LogP contribution in [0.25, 0.3) is 0 Å². The number of hydrogen-bond donors (Lipinski definition) is 2. The summed E-state index contributed by atoms with van der Waals surface area (Å²) in [5.74, 6) is 0. The van der Waals surface area contributed by atoms with Gasteiger partial charge in [0.05, 0.1) is 11.2 Å². The van der Waals surface area contributed by atoms with E-state index in [9.17, 15) is 4.79 Å². The number of rotatable bonds is 4. The second-order valence-electron chi connectivity index (χ2n) is 7.72. The molecule has 2 aliphatic rings. The highest BCUT2D eigenvalue weighted by molar-refractivity contribution is 6.62. The molecule has 1 aromatic carbocycles. The normalized spacial score (nSPS) is 23.6. The molecule has 0 aromatic heterocycles. The Balaban J connectivity index is 1.68. The van der Waals surface area contributed by atoms with Gasteiger partial charge in [0.15, 0.2) is 0 Å². The van der Waals surface area contributed by atoms with Gasteiger partial charge in [0, 0.05) is 5.54 Å². The second kappa shape index (κ2) is 5.25. The predicted octanol–water partition coefficient (Wildman–Crippen LogP) is 2.33. The molecule has 1 aliphatic heterocycles. The summed E-state index contributed by atoms with van der Waals surface area (Å²) in [5.41, 5.74) is 1.15. The third-order valence-corrected chi connectivity index (χ3v) is 5.27. The third-order valence-electron chi connectivity index (χ3n) is 5.27. The summed E-state index contributed by atoms with van der Waals surface area (Å²) in [4.78, 5) is 10.9. The van der Waals surface area contributed by atoms with E-state index in [1.165, 1.54) is 0 Å². The first-order valence-electron chi connectivity index (χ1n) is 8.08. The van der Waals surface area contributed by atoms with Gasteiger partial charge in [-0.15, -0.1) is 0 Å². The molecule has 0 spiro atoms. The van der Waals surface area contributed by atoms with E-state index in [-0.39, 0.29) is 23.9 Å². The molecule has 1 amide bonds. The maximum absolute atomic E-state index is 10.9. The average molecular weight is 317 g/mol. The van der Waals surface area contributed by atoms with Crippen LogP contribution in [0.5, 0.6) is 0 Å². The van der Waals surface area contributed by atoms with Crippen molar-refractivity contribution in [1.29, 1.82) is 0 Å². The average Bonchev–Trinajstić information content (AvgIpc) is 3.11. The van der Waals surface area contributed by atoms with Crippen LogP contribution in [-0.4, -0.2) is 35.1 Å². The minimum absolute atomic E-state index is 0.266. The highest BCUT2D eigenvalue weighted by atomic mass is 16.7. The molecule has 23 heavy (non-hydrogen) atoms. The van der Waals surface area contributed by atoms with Crippen molar-refractivity contribution in [1.82, 2.24) is 5.32 Å². The summed E-state index contributed by atoms with van der Waals surface area (Å²) in [6.45, 7) is 8.15. The predicted molar refractivity (Wildman–Crippen MR) is 89.0 cm³/mol. The van der Waals surface area contributed by atoms with Crippen LogP contribution in [-0.2, 0) is 15.7 Å². The number of hydrogen-bond acceptors (Lipinski definition) is 3. The fraction of sp³-hybridized carbons (Fsp3) is 0.588. The Kier molecular flexibility index (Phi) is 3.73. The Morgan fingerprint density at radius 3 is 2.09 bits per heavy atom. The Bertz CT molecular complexity index is 592. The maximum Gasteiger partial charge on any atom is 0.494 e. The molecule has 0 unspecified atom stereocenters. The van der Waals surface area contributed by atoms with Crippen LogP contribution in [0.3, 0.4) is 0 Å². The number of benzene rings is 1. The molecule has 0 bridgehead atoms. The van der Waals surface area contributed by atoms with Crippen LogP contribution in [0.1, 0.15) is 46.1 Å². The Hall–Kier alpha value is -1.53. The van der Waals surface area contributed by atoms with E-state index >= 15 is 0 Å². The topological polar surface area (TPSA) is 67.8 Å². The van der Waals surface area contributed by atoms with Gasteiger partial charge in [-0.25, -0.2) is 4.79 Å². The lowest BCUT2D eigenvalue weighted by Crippen LogP contribution is -2.41. The molecule has 5 nitrogen and oxygen atoms in total. The molecule has 1 aromatic rings. The fourth-order valence-corrected chi connectivity index (χ4v) is 2.89. The van der Waals surface area contributed by atoms with Gasteiger partial charge in [0.25, 0.3) is 0 Å². The summed E-state index contributed by atoms with van der Waals surface area (Å²) >= 11 is 0. The van der Waals surface area contributed by atoms with Crippen LogP contribution in [0.2, 0.25) is 0 Å². The van der Waals surface area contributed by atoms with Gasteiger partial charge in [-0.3, -0.25) is 0 Å². The monoisotopic (exact) mass is 317 g/mol. The molecule has 1 saturated heterocycles. The minimum atomic E-state index is -0.948. The molecule has 6 heteroatoms. The van der Waals surface area contributed by atoms with E-state index in [0.717, 1.165) is 30.3 Å². The SMILES string of the molecule is CC1(C)OB(c2ccc(CC3(NC(=O)O)CC3)cc2)OC1(C)C. The molecule has 1 saturated carbocycles. The lowest BCUT2D eigenvalue weighted by molar-refractivity contribution is 0.00578. The van der Waals surface area contributed by atoms with Gasteiger partial charge < -0.3 is 19.7 Å². The van der Waals surface area contributed by atoms with E-state index in [1.807, 2.05) is 52.0 Å². The van der Waals surface area contributed by atoms with Gasteiger partial charge in [-0.1, -0.05) is 24.3 Å². The molecular weight excluding hydrogens is 293 g/mol. The molecule has 3 rings (SSSR count). The number of amides is 1. The Morgan fingerprint density at radius 1 is 1.13 bits per heavy atom. The number of carboxylic acid groups (broad SMARTS) is 1. The first kappa shape index (κ1) is 16.3. The van der Waals surface area contributed by atoms with Crippen molar-refractivity contribution >= 4 is 18.7 Å². The van der Waals surface area contributed by atoms with Gasteiger partial charge in [0.1, 0.15) is 0 Å². The van der Waals surface area contributed by atoms with Crippen molar-refractivity contribution in [2.45, 2.75) is 63.7 Å². The molecule has 2 fully saturated rings. The standard InChI is InChI=1S/C17H24BNO4/c1-15(2)16(3,4)23-18(22-15)13-7-5-12(6-8-13)11-17(9-10-17)19-14(20)21/h5-8,19H,9-11H2,1-4H3,(H,20,21). The van der Waals surface area contributed by atoms with Crippen molar-refractivity contribution < 1.29 is 19.2 Å². The van der Waals surface area contributed by atoms with E-state index < -0.39 is 6.09 Å². The van der Waals surface area contributed by atoms with E-state index in [1.54, 1.807) is 0 Å². The van der Waals surface area contributed by atoms with Crippen molar-refractivity contribution in [2.75, 3.05) is 0 Å². The van der Waals surface area contributed by atoms with Gasteiger partial charge in [0.2, 0.25) is 0 Å². The maximum atomic E-state index is 10.9. The van der Waals surface area contributed by atoms with Crippen molar-refractivity contribution in [2.24, 2.45) is 0 Å². The van der Waals surface area contributed by atoms with Gasteiger partial charge in [-0.05, 0) is 58.0 Å². The highest BCUT2D eigenvalue weighted by Crippen LogP contribution is 2.39. The zero-order chi connectivity index (χ0) is 16.9. The molecule has 1 heterocycles. The fourth-order valence-electron chi connectivity index (χ4n) is 2.89. The summed E-state index contributed by atoms with van der Waals surface area (Å²) in [6.07, 6.45) is 1.58.